The molecular formula is C22H29ClN2O4S. The van der Waals surface area contributed by atoms with Crippen LogP contribution >= 0.6 is 11.6 Å². The number of rotatable bonds is 11. The summed E-state index contributed by atoms with van der Waals surface area (Å²) in [5.74, 6) is 0.735. The summed E-state index contributed by atoms with van der Waals surface area (Å²) < 4.78 is 31.0. The van der Waals surface area contributed by atoms with Crippen molar-refractivity contribution in [3.8, 4) is 5.75 Å². The highest BCUT2D eigenvalue weighted by atomic mass is 35.5. The molecule has 0 saturated carbocycles. The van der Waals surface area contributed by atoms with Gasteiger partial charge in [-0.15, -0.1) is 0 Å². The van der Waals surface area contributed by atoms with E-state index >= 15 is 0 Å². The molecule has 164 valence electrons. The van der Waals surface area contributed by atoms with E-state index in [-0.39, 0.29) is 18.9 Å². The van der Waals surface area contributed by atoms with Gasteiger partial charge in [-0.2, -0.15) is 0 Å². The van der Waals surface area contributed by atoms with E-state index in [1.165, 1.54) is 4.31 Å². The number of ether oxygens (including phenoxy) is 1. The van der Waals surface area contributed by atoms with Crippen LogP contribution in [-0.4, -0.2) is 40.8 Å². The Morgan fingerprint density at radius 1 is 1.17 bits per heavy atom. The number of hydrogen-bond acceptors (Lipinski definition) is 4. The summed E-state index contributed by atoms with van der Waals surface area (Å²) in [5, 5.41) is 3.40. The molecular weight excluding hydrogens is 424 g/mol. The third-order valence-corrected chi connectivity index (χ3v) is 6.36. The molecule has 0 heterocycles. The van der Waals surface area contributed by atoms with E-state index in [0.29, 0.717) is 29.2 Å². The molecule has 0 aliphatic carbocycles. The van der Waals surface area contributed by atoms with Gasteiger partial charge in [-0.05, 0) is 61.6 Å². The maximum Gasteiger partial charge on any atom is 0.232 e. The van der Waals surface area contributed by atoms with Gasteiger partial charge in [0.25, 0.3) is 0 Å². The van der Waals surface area contributed by atoms with Crippen LogP contribution < -0.4 is 14.4 Å². The lowest BCUT2D eigenvalue weighted by molar-refractivity contribution is -0.121. The highest BCUT2D eigenvalue weighted by molar-refractivity contribution is 7.92. The predicted molar refractivity (Wildman–Crippen MR) is 122 cm³/mol. The molecule has 0 radical (unpaired) electrons. The van der Waals surface area contributed by atoms with Gasteiger partial charge in [-0.1, -0.05) is 29.8 Å². The van der Waals surface area contributed by atoms with E-state index in [1.807, 2.05) is 24.3 Å². The fourth-order valence-electron chi connectivity index (χ4n) is 3.15. The fraction of sp³-hybridized carbons (Fsp3) is 0.409. The Balaban J connectivity index is 1.79. The molecule has 0 atom stereocenters. The minimum absolute atomic E-state index is 0.0862. The zero-order valence-corrected chi connectivity index (χ0v) is 19.2. The van der Waals surface area contributed by atoms with Crippen molar-refractivity contribution in [2.45, 2.75) is 32.6 Å². The minimum Gasteiger partial charge on any atom is -0.497 e. The zero-order chi connectivity index (χ0) is 22.1. The third-order valence-electron chi connectivity index (χ3n) is 4.77. The molecule has 2 aromatic carbocycles. The average molecular weight is 453 g/mol. The molecule has 0 spiro atoms. The molecule has 2 aromatic rings. The maximum absolute atomic E-state index is 12.2. The number of nitrogens with one attached hydrogen (secondary N) is 1. The summed E-state index contributed by atoms with van der Waals surface area (Å²) in [6, 6.07) is 13.0. The van der Waals surface area contributed by atoms with Crippen molar-refractivity contribution < 1.29 is 17.9 Å². The van der Waals surface area contributed by atoms with Crippen molar-refractivity contribution in [2.24, 2.45) is 0 Å². The molecule has 1 amide bonds. The van der Waals surface area contributed by atoms with Gasteiger partial charge in [-0.25, -0.2) is 8.42 Å². The van der Waals surface area contributed by atoms with Crippen molar-refractivity contribution in [1.82, 2.24) is 5.32 Å². The molecule has 0 saturated heterocycles. The van der Waals surface area contributed by atoms with E-state index in [0.717, 1.165) is 30.4 Å². The number of methoxy groups -OCH3 is 1. The second-order valence-corrected chi connectivity index (χ2v) is 9.44. The molecule has 1 N–H and O–H groups in total. The van der Waals surface area contributed by atoms with Crippen LogP contribution in [0.2, 0.25) is 5.02 Å². The molecule has 2 rings (SSSR count). The summed E-state index contributed by atoms with van der Waals surface area (Å²) in [4.78, 5) is 12.1. The molecule has 0 aliphatic rings. The van der Waals surface area contributed by atoms with Gasteiger partial charge in [0, 0.05) is 24.5 Å². The molecule has 0 aliphatic heterocycles. The first-order chi connectivity index (χ1) is 14.2. The monoisotopic (exact) mass is 452 g/mol. The van der Waals surface area contributed by atoms with E-state index in [1.54, 1.807) is 32.2 Å². The largest absolute Gasteiger partial charge is 0.497 e. The lowest BCUT2D eigenvalue weighted by Crippen LogP contribution is -2.32. The van der Waals surface area contributed by atoms with Gasteiger partial charge in [0.15, 0.2) is 0 Å². The van der Waals surface area contributed by atoms with Crippen molar-refractivity contribution in [1.29, 1.82) is 0 Å². The predicted octanol–water partition coefficient (Wildman–Crippen LogP) is 3.95. The van der Waals surface area contributed by atoms with E-state index < -0.39 is 10.0 Å². The number of hydrogen-bond donors (Lipinski definition) is 1. The van der Waals surface area contributed by atoms with Crippen molar-refractivity contribution in [3.05, 3.63) is 58.6 Å². The van der Waals surface area contributed by atoms with Gasteiger partial charge in [0.2, 0.25) is 15.9 Å². The number of nitrogens with zero attached hydrogens (tertiary/aromatic N) is 1. The Hall–Kier alpha value is -2.25. The van der Waals surface area contributed by atoms with Gasteiger partial charge >= 0.3 is 0 Å². The van der Waals surface area contributed by atoms with Crippen LogP contribution in [0.4, 0.5) is 5.69 Å². The Morgan fingerprint density at radius 2 is 1.90 bits per heavy atom. The van der Waals surface area contributed by atoms with Gasteiger partial charge in [0.05, 0.1) is 19.1 Å². The Morgan fingerprint density at radius 3 is 2.60 bits per heavy atom. The number of benzene rings is 2. The average Bonchev–Trinajstić information content (AvgIpc) is 2.70. The highest BCUT2D eigenvalue weighted by Crippen LogP contribution is 2.28. The SMILES string of the molecule is COc1cccc(CCCNC(=O)CCCN(c2cccc(Cl)c2C)S(C)(=O)=O)c1. The number of carbonyl (C=O) groups excluding carboxylic acids is 1. The van der Waals surface area contributed by atoms with Crippen LogP contribution in [0, 0.1) is 6.92 Å². The Kier molecular flexibility index (Phi) is 8.99. The Labute approximate surface area is 184 Å². The molecule has 0 aromatic heterocycles. The Bertz CT molecular complexity index is 963. The van der Waals surface area contributed by atoms with Gasteiger partial charge < -0.3 is 10.1 Å². The fourth-order valence-corrected chi connectivity index (χ4v) is 4.34. The lowest BCUT2D eigenvalue weighted by Gasteiger charge is -2.24. The number of amides is 1. The number of carbonyl (C=O) groups is 1. The lowest BCUT2D eigenvalue weighted by atomic mass is 10.1. The summed E-state index contributed by atoms with van der Waals surface area (Å²) in [6.07, 6.45) is 3.49. The second kappa shape index (κ2) is 11.2. The van der Waals surface area contributed by atoms with Crippen LogP contribution in [0.3, 0.4) is 0 Å². The summed E-state index contributed by atoms with van der Waals surface area (Å²) in [6.45, 7) is 2.57. The van der Waals surface area contributed by atoms with E-state index in [9.17, 15) is 13.2 Å². The standard InChI is InChI=1S/C22H29ClN2O4S/c1-17-20(23)11-5-12-21(17)25(30(3,27)28)15-7-13-22(26)24-14-6-9-18-8-4-10-19(16-18)29-2/h4-5,8,10-12,16H,6-7,9,13-15H2,1-3H3,(H,24,26). The first-order valence-electron chi connectivity index (χ1n) is 9.85. The van der Waals surface area contributed by atoms with E-state index in [4.69, 9.17) is 16.3 Å². The molecule has 0 unspecified atom stereocenters. The van der Waals surface area contributed by atoms with Crippen LogP contribution in [-0.2, 0) is 21.2 Å². The number of halogens is 1. The van der Waals surface area contributed by atoms with Crippen LogP contribution in [0.1, 0.15) is 30.4 Å². The zero-order valence-electron chi connectivity index (χ0n) is 17.7. The number of anilines is 1. The normalized spacial score (nSPS) is 11.2. The summed E-state index contributed by atoms with van der Waals surface area (Å²) >= 11 is 6.13. The highest BCUT2D eigenvalue weighted by Gasteiger charge is 2.20. The van der Waals surface area contributed by atoms with Gasteiger partial charge in [0.1, 0.15) is 5.75 Å². The smallest absolute Gasteiger partial charge is 0.232 e. The van der Waals surface area contributed by atoms with Crippen LogP contribution in [0.15, 0.2) is 42.5 Å². The van der Waals surface area contributed by atoms with Crippen molar-refractivity contribution in [3.63, 3.8) is 0 Å². The summed E-state index contributed by atoms with van der Waals surface area (Å²) in [5.41, 5.74) is 2.40. The molecule has 8 heteroatoms. The molecule has 6 nitrogen and oxygen atoms in total. The molecule has 0 fully saturated rings. The molecule has 0 bridgehead atoms. The summed E-state index contributed by atoms with van der Waals surface area (Å²) in [7, 11) is -1.84. The van der Waals surface area contributed by atoms with Crippen LogP contribution in [0.25, 0.3) is 0 Å². The molecule has 30 heavy (non-hydrogen) atoms. The van der Waals surface area contributed by atoms with Crippen molar-refractivity contribution in [2.75, 3.05) is 30.8 Å². The topological polar surface area (TPSA) is 75.7 Å². The van der Waals surface area contributed by atoms with Crippen LogP contribution in [0.5, 0.6) is 5.75 Å². The number of aryl methyl sites for hydroxylation is 1. The maximum atomic E-state index is 12.2. The minimum atomic E-state index is -3.48. The quantitative estimate of drug-likeness (QED) is 0.524. The first kappa shape index (κ1) is 24.0. The second-order valence-electron chi connectivity index (χ2n) is 7.13. The first-order valence-corrected chi connectivity index (χ1v) is 12.1. The third kappa shape index (κ3) is 7.22. The number of sulfonamides is 1. The van der Waals surface area contributed by atoms with Gasteiger partial charge in [-0.3, -0.25) is 9.10 Å². The van der Waals surface area contributed by atoms with E-state index in [2.05, 4.69) is 5.32 Å². The van der Waals surface area contributed by atoms with Crippen molar-refractivity contribution >= 4 is 33.2 Å².